The Morgan fingerprint density at radius 1 is 1.04 bits per heavy atom. The summed E-state index contributed by atoms with van der Waals surface area (Å²) < 4.78 is 6.28. The third-order valence-corrected chi connectivity index (χ3v) is 10.6. The predicted octanol–water partition coefficient (Wildman–Crippen LogP) is 7.45. The monoisotopic (exact) mass is 631 g/mol. The fraction of sp³-hybridized carbons (Fsp3) is 0.351. The van der Waals surface area contributed by atoms with Gasteiger partial charge in [0.25, 0.3) is 0 Å². The first kappa shape index (κ1) is 30.3. The van der Waals surface area contributed by atoms with E-state index in [1.807, 2.05) is 35.6 Å². The molecular weight excluding hydrogens is 595 g/mol. The van der Waals surface area contributed by atoms with Gasteiger partial charge >= 0.3 is 5.97 Å². The van der Waals surface area contributed by atoms with Crippen molar-refractivity contribution in [2.24, 2.45) is 5.92 Å². The van der Waals surface area contributed by atoms with Crippen molar-refractivity contribution in [2.75, 3.05) is 26.2 Å². The molecule has 46 heavy (non-hydrogen) atoms. The van der Waals surface area contributed by atoms with Crippen molar-refractivity contribution in [2.45, 2.75) is 53.1 Å². The van der Waals surface area contributed by atoms with Gasteiger partial charge in [-0.25, -0.2) is 9.97 Å². The lowest BCUT2D eigenvalue weighted by Crippen LogP contribution is -2.30. The highest BCUT2D eigenvalue weighted by molar-refractivity contribution is 7.15. The summed E-state index contributed by atoms with van der Waals surface area (Å²) in [4.78, 5) is 27.4. The van der Waals surface area contributed by atoms with E-state index in [0.717, 1.165) is 65.4 Å². The minimum Gasteiger partial charge on any atom is -0.481 e. The second-order valence-electron chi connectivity index (χ2n) is 12.6. The molecule has 0 spiro atoms. The first-order valence-electron chi connectivity index (χ1n) is 16.0. The van der Waals surface area contributed by atoms with Crippen molar-refractivity contribution in [1.82, 2.24) is 19.8 Å². The summed E-state index contributed by atoms with van der Waals surface area (Å²) >= 11 is 1.83. The Morgan fingerprint density at radius 2 is 1.78 bits per heavy atom. The van der Waals surface area contributed by atoms with Gasteiger partial charge in [0.05, 0.1) is 17.2 Å². The number of thiazole rings is 1. The Hall–Kier alpha value is -4.36. The molecule has 2 aliphatic heterocycles. The molecule has 1 atom stereocenters. The fourth-order valence-electron chi connectivity index (χ4n) is 7.01. The fourth-order valence-corrected chi connectivity index (χ4v) is 8.24. The maximum atomic E-state index is 11.4. The Labute approximate surface area is 272 Å². The molecule has 1 saturated heterocycles. The number of benzene rings is 3. The number of likely N-dealkylation sites (tertiary alicyclic amines) is 1. The average molecular weight is 632 g/mol. The number of oxazole rings is 1. The van der Waals surface area contributed by atoms with E-state index in [1.165, 1.54) is 28.1 Å². The SMILES string of the molecule is CCCN1CCc2nc(-c3cccc(-c4cccc(-c5nc6cc(CN7CC[C@@H](C(=O)O)C7)cc(C#N)c6o5)c4C)c3C)sc2C1. The van der Waals surface area contributed by atoms with Gasteiger partial charge in [0, 0.05) is 48.6 Å². The molecule has 0 unspecified atom stereocenters. The van der Waals surface area contributed by atoms with Gasteiger partial charge in [-0.3, -0.25) is 14.6 Å². The van der Waals surface area contributed by atoms with E-state index < -0.39 is 5.97 Å². The normalized spacial score (nSPS) is 17.0. The van der Waals surface area contributed by atoms with E-state index in [0.29, 0.717) is 42.1 Å². The zero-order chi connectivity index (χ0) is 31.9. The number of carbonyl (C=O) groups is 1. The quantitative estimate of drug-likeness (QED) is 0.188. The second kappa shape index (κ2) is 12.4. The molecule has 0 aliphatic carbocycles. The summed E-state index contributed by atoms with van der Waals surface area (Å²) in [7, 11) is 0. The molecule has 1 N–H and O–H groups in total. The molecule has 0 bridgehead atoms. The van der Waals surface area contributed by atoms with E-state index >= 15 is 0 Å². The van der Waals surface area contributed by atoms with Crippen molar-refractivity contribution in [1.29, 1.82) is 5.26 Å². The smallest absolute Gasteiger partial charge is 0.307 e. The highest BCUT2D eigenvalue weighted by Crippen LogP contribution is 2.40. The molecule has 2 aromatic heterocycles. The van der Waals surface area contributed by atoms with Gasteiger partial charge in [0.15, 0.2) is 5.58 Å². The van der Waals surface area contributed by atoms with Crippen LogP contribution in [0.25, 0.3) is 44.3 Å². The third-order valence-electron chi connectivity index (χ3n) is 9.47. The van der Waals surface area contributed by atoms with E-state index in [9.17, 15) is 15.2 Å². The van der Waals surface area contributed by atoms with Gasteiger partial charge in [-0.1, -0.05) is 37.3 Å². The van der Waals surface area contributed by atoms with Crippen LogP contribution >= 0.6 is 11.3 Å². The zero-order valence-corrected chi connectivity index (χ0v) is 27.3. The number of fused-ring (bicyclic) bond motifs is 2. The molecular formula is C37H37N5O3S. The van der Waals surface area contributed by atoms with Crippen LogP contribution in [0.15, 0.2) is 52.9 Å². The largest absolute Gasteiger partial charge is 0.481 e. The van der Waals surface area contributed by atoms with Gasteiger partial charge in [-0.15, -0.1) is 11.3 Å². The van der Waals surface area contributed by atoms with Crippen LogP contribution in [-0.4, -0.2) is 57.0 Å². The lowest BCUT2D eigenvalue weighted by atomic mass is 9.91. The lowest BCUT2D eigenvalue weighted by Gasteiger charge is -2.25. The highest BCUT2D eigenvalue weighted by atomic mass is 32.1. The number of aromatic nitrogens is 2. The molecule has 1 fully saturated rings. The predicted molar refractivity (Wildman–Crippen MR) is 180 cm³/mol. The molecule has 9 heteroatoms. The van der Waals surface area contributed by atoms with Gasteiger partial charge < -0.3 is 9.52 Å². The molecule has 3 aromatic carbocycles. The molecule has 4 heterocycles. The Bertz CT molecular complexity index is 2000. The standard InChI is InChI=1S/C37H37N5O3S/c1-4-13-41-15-12-31-33(21-41)46-36(40-31)30-10-6-8-28(23(30)3)27-7-5-9-29(22(27)2)35-39-32-17-24(16-26(18-38)34(32)45-35)19-42-14-11-25(20-42)37(43)44/h5-10,16-17,25H,4,11-15,19-21H2,1-3H3,(H,43,44)/t25-/m1/s1. The number of nitriles is 1. The maximum Gasteiger partial charge on any atom is 0.307 e. The third kappa shape index (κ3) is 5.62. The van der Waals surface area contributed by atoms with E-state index in [1.54, 1.807) is 0 Å². The van der Waals surface area contributed by atoms with E-state index in [4.69, 9.17) is 14.4 Å². The topological polar surface area (TPSA) is 106 Å². The van der Waals surface area contributed by atoms with Crippen LogP contribution in [0, 0.1) is 31.1 Å². The van der Waals surface area contributed by atoms with Gasteiger partial charge in [-0.2, -0.15) is 5.26 Å². The maximum absolute atomic E-state index is 11.4. The number of nitrogens with zero attached hydrogens (tertiary/aromatic N) is 5. The summed E-state index contributed by atoms with van der Waals surface area (Å²) in [5, 5.41) is 20.4. The van der Waals surface area contributed by atoms with Gasteiger partial charge in [-0.05, 0) is 85.8 Å². The first-order valence-corrected chi connectivity index (χ1v) is 16.8. The molecule has 0 amide bonds. The molecule has 0 saturated carbocycles. The van der Waals surface area contributed by atoms with Crippen LogP contribution in [0.4, 0.5) is 0 Å². The van der Waals surface area contributed by atoms with Crippen LogP contribution in [0.2, 0.25) is 0 Å². The summed E-state index contributed by atoms with van der Waals surface area (Å²) in [6, 6.07) is 18.7. The van der Waals surface area contributed by atoms with Crippen molar-refractivity contribution in [3.05, 3.63) is 81.4 Å². The number of carboxylic acid groups (broad SMARTS) is 1. The Morgan fingerprint density at radius 3 is 2.50 bits per heavy atom. The average Bonchev–Trinajstić information content (AvgIpc) is 3.80. The number of hydrogen-bond acceptors (Lipinski definition) is 8. The Balaban J connectivity index is 1.20. The van der Waals surface area contributed by atoms with Crippen LogP contribution in [-0.2, 0) is 24.3 Å². The molecule has 7 rings (SSSR count). The molecule has 0 radical (unpaired) electrons. The molecule has 234 valence electrons. The zero-order valence-electron chi connectivity index (χ0n) is 26.5. The van der Waals surface area contributed by atoms with Crippen molar-refractivity contribution in [3.63, 3.8) is 0 Å². The molecule has 8 nitrogen and oxygen atoms in total. The number of rotatable bonds is 8. The number of aliphatic carboxylic acids is 1. The highest BCUT2D eigenvalue weighted by Gasteiger charge is 2.28. The summed E-state index contributed by atoms with van der Waals surface area (Å²) in [6.07, 6.45) is 2.81. The van der Waals surface area contributed by atoms with E-state index in [-0.39, 0.29) is 5.92 Å². The van der Waals surface area contributed by atoms with E-state index in [2.05, 4.69) is 60.9 Å². The second-order valence-corrected chi connectivity index (χ2v) is 13.6. The number of hydrogen-bond donors (Lipinski definition) is 1. The van der Waals surface area contributed by atoms with Crippen molar-refractivity contribution >= 4 is 28.4 Å². The number of carboxylic acids is 1. The van der Waals surface area contributed by atoms with Crippen molar-refractivity contribution < 1.29 is 14.3 Å². The summed E-state index contributed by atoms with van der Waals surface area (Å²) in [5.41, 5.74) is 10.3. The van der Waals surface area contributed by atoms with Crippen LogP contribution in [0.3, 0.4) is 0 Å². The Kier molecular flexibility index (Phi) is 8.20. The molecule has 5 aromatic rings. The minimum atomic E-state index is -0.753. The van der Waals surface area contributed by atoms with Crippen molar-refractivity contribution in [3.8, 4) is 39.2 Å². The van der Waals surface area contributed by atoms with Crippen LogP contribution in [0.5, 0.6) is 0 Å². The summed E-state index contributed by atoms with van der Waals surface area (Å²) in [5.74, 6) is -0.619. The lowest BCUT2D eigenvalue weighted by molar-refractivity contribution is -0.141. The van der Waals surface area contributed by atoms with Crippen LogP contribution in [0.1, 0.15) is 52.6 Å². The first-order chi connectivity index (χ1) is 22.3. The van der Waals surface area contributed by atoms with Crippen LogP contribution < -0.4 is 0 Å². The minimum absolute atomic E-state index is 0.346. The van der Waals surface area contributed by atoms with Gasteiger partial charge in [0.2, 0.25) is 5.89 Å². The molecule has 2 aliphatic rings. The summed E-state index contributed by atoms with van der Waals surface area (Å²) in [6.45, 7) is 11.5. The van der Waals surface area contributed by atoms with Gasteiger partial charge in [0.1, 0.15) is 16.6 Å².